The quantitative estimate of drug-likeness (QED) is 0.194. The van der Waals surface area contributed by atoms with Crippen LogP contribution in [0.15, 0.2) is 12.3 Å². The number of carbonyl (C=O) groups excluding carboxylic acids is 1. The fourth-order valence-electron chi connectivity index (χ4n) is 9.42. The lowest BCUT2D eigenvalue weighted by Crippen LogP contribution is -2.58. The third kappa shape index (κ3) is 7.52. The van der Waals surface area contributed by atoms with Crippen LogP contribution in [0.1, 0.15) is 97.8 Å². The van der Waals surface area contributed by atoms with Gasteiger partial charge in [0.1, 0.15) is 33.6 Å². The van der Waals surface area contributed by atoms with Gasteiger partial charge in [-0.2, -0.15) is 15.1 Å². The minimum Gasteiger partial charge on any atom is -0.480 e. The van der Waals surface area contributed by atoms with E-state index in [4.69, 9.17) is 55.3 Å². The first kappa shape index (κ1) is 40.7. The van der Waals surface area contributed by atoms with Crippen LogP contribution in [0, 0.1) is 18.2 Å². The number of aromatic nitrogens is 5. The molecule has 2 unspecified atom stereocenters. The number of halogens is 2. The number of rotatable bonds is 7. The Bertz CT molecular complexity index is 2210. The number of hydrogen-bond acceptors (Lipinski definition) is 12. The van der Waals surface area contributed by atoms with Gasteiger partial charge in [0, 0.05) is 41.6 Å². The number of β-amino-alcohol motifs (C(OH)–C–C–N with tert-alkyl or cyclic N) is 1. The van der Waals surface area contributed by atoms with Crippen molar-refractivity contribution >= 4 is 45.3 Å². The molecular formula is C42H55ClFN7O7. The Kier molecular flexibility index (Phi) is 10.9. The van der Waals surface area contributed by atoms with Crippen LogP contribution < -0.4 is 14.4 Å². The summed E-state index contributed by atoms with van der Waals surface area (Å²) < 4.78 is 49.7. The van der Waals surface area contributed by atoms with E-state index in [1.165, 1.54) is 7.11 Å². The summed E-state index contributed by atoms with van der Waals surface area (Å²) in [6.45, 7) is 13.0. The van der Waals surface area contributed by atoms with Crippen LogP contribution >= 0.6 is 11.6 Å². The number of likely N-dealkylation sites (tertiary alicyclic amines) is 1. The molecule has 8 rings (SSSR count). The van der Waals surface area contributed by atoms with Crippen molar-refractivity contribution in [1.29, 1.82) is 0 Å². The van der Waals surface area contributed by atoms with Gasteiger partial charge in [0.05, 0.1) is 50.2 Å². The lowest BCUT2D eigenvalue weighted by Gasteiger charge is -2.49. The summed E-state index contributed by atoms with van der Waals surface area (Å²) in [5.41, 5.74) is -0.573. The molecule has 1 aromatic carbocycles. The van der Waals surface area contributed by atoms with Gasteiger partial charge in [-0.3, -0.25) is 0 Å². The molecule has 314 valence electrons. The summed E-state index contributed by atoms with van der Waals surface area (Å²) in [7, 11) is 1.46. The normalized spacial score (nSPS) is 26.8. The Labute approximate surface area is 343 Å². The van der Waals surface area contributed by atoms with Crippen molar-refractivity contribution < 1.29 is 38.0 Å². The molecule has 4 fully saturated rings. The average Bonchev–Trinajstić information content (AvgIpc) is 3.75. The van der Waals surface area contributed by atoms with Crippen molar-refractivity contribution in [2.75, 3.05) is 51.5 Å². The Morgan fingerprint density at radius 3 is 2.67 bits per heavy atom. The SMILES string of the molecule is COc1nc(-c2c(Cl)c(C)cc3c2cnn3C2CCCCO2)c(F)c2nc(OC[C@]34CCC[C@H]3N(C(=O)OC(C)(C)C)C(C)CC4)nc(N3CCOC[C@@](C)(O)C3)c12. The van der Waals surface area contributed by atoms with Gasteiger partial charge < -0.3 is 38.6 Å². The van der Waals surface area contributed by atoms with E-state index in [-0.39, 0.29) is 83.9 Å². The molecule has 4 aromatic rings. The van der Waals surface area contributed by atoms with Crippen molar-refractivity contribution in [3.63, 3.8) is 0 Å². The second-order valence-electron chi connectivity index (χ2n) is 17.9. The van der Waals surface area contributed by atoms with Crippen LogP contribution in [-0.2, 0) is 14.2 Å². The van der Waals surface area contributed by atoms with Crippen molar-refractivity contribution in [2.45, 2.75) is 122 Å². The Hall–Kier alpha value is -4.05. The molecule has 14 nitrogen and oxygen atoms in total. The predicted octanol–water partition coefficient (Wildman–Crippen LogP) is 7.77. The number of piperidine rings is 1. The molecule has 16 heteroatoms. The molecule has 3 saturated heterocycles. The van der Waals surface area contributed by atoms with Crippen LogP contribution in [0.3, 0.4) is 0 Å². The maximum Gasteiger partial charge on any atom is 0.410 e. The van der Waals surface area contributed by atoms with Crippen molar-refractivity contribution in [1.82, 2.24) is 29.6 Å². The van der Waals surface area contributed by atoms with E-state index in [0.29, 0.717) is 41.3 Å². The van der Waals surface area contributed by atoms with Crippen LogP contribution in [0.25, 0.3) is 33.1 Å². The molecule has 1 aliphatic carbocycles. The number of aryl methyl sites for hydroxylation is 1. The minimum atomic E-state index is -1.24. The first-order valence-electron chi connectivity index (χ1n) is 20.5. The topological polar surface area (TPSA) is 146 Å². The fraction of sp³-hybridized carbons (Fsp3) is 0.643. The number of hydrogen-bond donors (Lipinski definition) is 1. The number of nitrogens with zero attached hydrogens (tertiary/aromatic N) is 7. The highest BCUT2D eigenvalue weighted by Crippen LogP contribution is 2.50. The number of ether oxygens (including phenoxy) is 5. The second-order valence-corrected chi connectivity index (χ2v) is 18.2. The molecule has 3 aliphatic heterocycles. The van der Waals surface area contributed by atoms with Gasteiger partial charge in [-0.15, -0.1) is 0 Å². The van der Waals surface area contributed by atoms with Crippen molar-refractivity contribution in [3.8, 4) is 23.1 Å². The lowest BCUT2D eigenvalue weighted by molar-refractivity contribution is -0.0462. The van der Waals surface area contributed by atoms with Gasteiger partial charge in [-0.1, -0.05) is 18.0 Å². The van der Waals surface area contributed by atoms with Gasteiger partial charge in [-0.05, 0) is 98.1 Å². The Morgan fingerprint density at radius 2 is 1.93 bits per heavy atom. The number of fused-ring (bicyclic) bond motifs is 3. The van der Waals surface area contributed by atoms with E-state index >= 15 is 4.39 Å². The molecule has 1 N–H and O–H groups in total. The third-order valence-corrected chi connectivity index (χ3v) is 12.7. The van der Waals surface area contributed by atoms with Gasteiger partial charge in [0.25, 0.3) is 0 Å². The highest BCUT2D eigenvalue weighted by atomic mass is 35.5. The smallest absolute Gasteiger partial charge is 0.410 e. The van der Waals surface area contributed by atoms with Gasteiger partial charge >= 0.3 is 12.1 Å². The zero-order chi connectivity index (χ0) is 41.1. The number of pyridine rings is 1. The van der Waals surface area contributed by atoms with Crippen LogP contribution in [0.4, 0.5) is 15.0 Å². The number of carbonyl (C=O) groups is 1. The van der Waals surface area contributed by atoms with Gasteiger partial charge in [0.15, 0.2) is 12.0 Å². The monoisotopic (exact) mass is 823 g/mol. The average molecular weight is 824 g/mol. The summed E-state index contributed by atoms with van der Waals surface area (Å²) in [4.78, 5) is 31.8. The first-order chi connectivity index (χ1) is 27.6. The lowest BCUT2D eigenvalue weighted by atomic mass is 9.74. The Balaban J connectivity index is 1.25. The summed E-state index contributed by atoms with van der Waals surface area (Å²) >= 11 is 7.06. The molecular weight excluding hydrogens is 769 g/mol. The zero-order valence-corrected chi connectivity index (χ0v) is 35.3. The van der Waals surface area contributed by atoms with Crippen LogP contribution in [0.5, 0.6) is 11.9 Å². The van der Waals surface area contributed by atoms with Crippen LogP contribution in [-0.4, -0.2) is 111 Å². The van der Waals surface area contributed by atoms with Crippen molar-refractivity contribution in [2.24, 2.45) is 5.41 Å². The van der Waals surface area contributed by atoms with Gasteiger partial charge in [-0.25, -0.2) is 18.9 Å². The number of amides is 1. The van der Waals surface area contributed by atoms with E-state index in [1.807, 2.05) is 48.2 Å². The standard InChI is InChI=1S/C42H55ClFN7O7/c1-24-19-27-26(20-45-51(27)29-12-8-9-17-56-29)30(32(24)43)34-33(44)35-31(37(46-34)54-7)36(49-16-18-55-22-41(6,53)21-49)48-38(47-35)57-23-42-14-10-11-28(42)50(25(2)13-15-42)39(52)58-40(3,4)5/h19-20,25,28-29,53H,8-18,21-23H2,1-7H3/t25?,28-,29?,41+,42-/m1/s1. The maximum absolute atomic E-state index is 17.6. The molecule has 6 heterocycles. The minimum absolute atomic E-state index is 0.00216. The number of aliphatic hydroxyl groups is 1. The Morgan fingerprint density at radius 1 is 1.12 bits per heavy atom. The third-order valence-electron chi connectivity index (χ3n) is 12.2. The molecule has 0 radical (unpaired) electrons. The van der Waals surface area contributed by atoms with Gasteiger partial charge in [0.2, 0.25) is 5.88 Å². The molecule has 4 aliphatic rings. The van der Waals surface area contributed by atoms with Crippen LogP contribution in [0.2, 0.25) is 5.02 Å². The first-order valence-corrected chi connectivity index (χ1v) is 20.9. The summed E-state index contributed by atoms with van der Waals surface area (Å²) in [5, 5.41) is 17.1. The maximum atomic E-state index is 17.6. The van der Waals surface area contributed by atoms with E-state index in [0.717, 1.165) is 56.9 Å². The van der Waals surface area contributed by atoms with Crippen molar-refractivity contribution in [3.05, 3.63) is 28.7 Å². The fourth-order valence-corrected chi connectivity index (χ4v) is 9.67. The zero-order valence-electron chi connectivity index (χ0n) is 34.6. The van der Waals surface area contributed by atoms with E-state index in [1.54, 1.807) is 13.1 Å². The molecule has 3 aromatic heterocycles. The predicted molar refractivity (Wildman–Crippen MR) is 217 cm³/mol. The highest BCUT2D eigenvalue weighted by molar-refractivity contribution is 6.35. The number of benzene rings is 1. The van der Waals surface area contributed by atoms with E-state index in [2.05, 4.69) is 6.92 Å². The summed E-state index contributed by atoms with van der Waals surface area (Å²) in [6, 6.07) is 1.79. The molecule has 5 atom stereocenters. The largest absolute Gasteiger partial charge is 0.480 e. The molecule has 1 saturated carbocycles. The molecule has 0 bridgehead atoms. The molecule has 58 heavy (non-hydrogen) atoms. The molecule has 0 spiro atoms. The molecule has 1 amide bonds. The summed E-state index contributed by atoms with van der Waals surface area (Å²) in [5.74, 6) is -0.372. The summed E-state index contributed by atoms with van der Waals surface area (Å²) in [6.07, 6.45) is 8.09. The number of methoxy groups -OCH3 is 1. The van der Waals surface area contributed by atoms with E-state index < -0.39 is 17.0 Å². The number of anilines is 1. The van der Waals surface area contributed by atoms with E-state index in [9.17, 15) is 9.90 Å². The highest BCUT2D eigenvalue weighted by Gasteiger charge is 2.53. The second kappa shape index (κ2) is 15.5.